The maximum atomic E-state index is 6.11. The van der Waals surface area contributed by atoms with Crippen LogP contribution in [-0.4, -0.2) is 15.9 Å². The highest BCUT2D eigenvalue weighted by atomic mass is 79.9. The van der Waals surface area contributed by atoms with Crippen LogP contribution in [0.4, 0.5) is 0 Å². The predicted octanol–water partition coefficient (Wildman–Crippen LogP) is 5.33. The normalized spacial score (nSPS) is 13.3. The third-order valence-corrected chi connectivity index (χ3v) is 3.22. The first-order valence-corrected chi connectivity index (χ1v) is 7.25. The Morgan fingerprint density at radius 2 is 1.87 bits per heavy atom. The van der Waals surface area contributed by atoms with Gasteiger partial charge in [0.15, 0.2) is 0 Å². The summed E-state index contributed by atoms with van der Waals surface area (Å²) in [5.74, 6) is 0. The molecule has 4 heteroatoms. The molecule has 0 radical (unpaired) electrons. The van der Waals surface area contributed by atoms with Gasteiger partial charge in [-0.1, -0.05) is 22.4 Å². The standard InChI is InChI=1S/C11H20BrCl2N/c1-11(2,13)8-7-10(15-14)6-4-3-5-9-12/h3-9H2,1-2H3/b15-10-. The molecule has 0 N–H and O–H groups in total. The van der Waals surface area contributed by atoms with Gasteiger partial charge in [0.2, 0.25) is 0 Å². The van der Waals surface area contributed by atoms with Gasteiger partial charge >= 0.3 is 0 Å². The number of unbranched alkanes of at least 4 members (excludes halogenated alkanes) is 2. The van der Waals surface area contributed by atoms with Crippen molar-refractivity contribution in [3.63, 3.8) is 0 Å². The van der Waals surface area contributed by atoms with Crippen molar-refractivity contribution in [1.82, 2.24) is 0 Å². The molecule has 0 aliphatic rings. The molecule has 0 saturated carbocycles. The highest BCUT2D eigenvalue weighted by Crippen LogP contribution is 2.21. The zero-order chi connectivity index (χ0) is 11.7. The van der Waals surface area contributed by atoms with Gasteiger partial charge < -0.3 is 0 Å². The molecule has 0 unspecified atom stereocenters. The van der Waals surface area contributed by atoms with Gasteiger partial charge in [0.25, 0.3) is 0 Å². The van der Waals surface area contributed by atoms with Gasteiger partial charge in [0.05, 0.1) is 0 Å². The summed E-state index contributed by atoms with van der Waals surface area (Å²) in [5.41, 5.74) is 1.08. The molecule has 0 heterocycles. The van der Waals surface area contributed by atoms with Gasteiger partial charge in [-0.25, -0.2) is 0 Å². The average molecular weight is 317 g/mol. The third kappa shape index (κ3) is 11.0. The highest BCUT2D eigenvalue weighted by Gasteiger charge is 2.14. The molecule has 1 nitrogen and oxygen atoms in total. The topological polar surface area (TPSA) is 12.4 Å². The first kappa shape index (κ1) is 15.7. The van der Waals surface area contributed by atoms with Gasteiger partial charge in [0.1, 0.15) is 0 Å². The molecule has 0 aromatic rings. The van der Waals surface area contributed by atoms with Crippen molar-refractivity contribution >= 4 is 45.0 Å². The fourth-order valence-electron chi connectivity index (χ4n) is 1.25. The Kier molecular flexibility index (Phi) is 9.26. The minimum Gasteiger partial charge on any atom is -0.187 e. The summed E-state index contributed by atoms with van der Waals surface area (Å²) in [5, 5.41) is 1.08. The quantitative estimate of drug-likeness (QED) is 0.326. The third-order valence-electron chi connectivity index (χ3n) is 2.23. The minimum atomic E-state index is -0.150. The van der Waals surface area contributed by atoms with Gasteiger partial charge in [-0.05, 0) is 46.0 Å². The Hall–Kier alpha value is 0.730. The van der Waals surface area contributed by atoms with E-state index in [9.17, 15) is 0 Å². The maximum Gasteiger partial charge on any atom is 0.0394 e. The van der Waals surface area contributed by atoms with Crippen LogP contribution in [0.25, 0.3) is 0 Å². The minimum absolute atomic E-state index is 0.150. The number of rotatable bonds is 8. The molecule has 90 valence electrons. The van der Waals surface area contributed by atoms with Gasteiger partial charge in [-0.3, -0.25) is 0 Å². The lowest BCUT2D eigenvalue weighted by Crippen LogP contribution is -2.12. The summed E-state index contributed by atoms with van der Waals surface area (Å²) in [7, 11) is 0. The zero-order valence-corrected chi connectivity index (χ0v) is 12.6. The average Bonchev–Trinajstić information content (AvgIpc) is 2.15. The van der Waals surface area contributed by atoms with Crippen molar-refractivity contribution < 1.29 is 0 Å². The van der Waals surface area contributed by atoms with Crippen LogP contribution in [0.1, 0.15) is 52.4 Å². The van der Waals surface area contributed by atoms with E-state index in [-0.39, 0.29) is 4.87 Å². The second-order valence-corrected chi connectivity index (χ2v) is 6.35. The molecule has 0 aromatic heterocycles. The second kappa shape index (κ2) is 8.83. The summed E-state index contributed by atoms with van der Waals surface area (Å²) >= 11 is 15.1. The second-order valence-electron chi connectivity index (χ2n) is 4.37. The summed E-state index contributed by atoms with van der Waals surface area (Å²) < 4.78 is 3.81. The van der Waals surface area contributed by atoms with Gasteiger partial charge in [-0.15, -0.1) is 11.6 Å². The van der Waals surface area contributed by atoms with Crippen molar-refractivity contribution in [1.29, 1.82) is 0 Å². The number of hydrogen-bond donors (Lipinski definition) is 0. The summed E-state index contributed by atoms with van der Waals surface area (Å²) in [6.45, 7) is 4.04. The lowest BCUT2D eigenvalue weighted by atomic mass is 10.0. The van der Waals surface area contributed by atoms with E-state index >= 15 is 0 Å². The van der Waals surface area contributed by atoms with E-state index in [1.807, 2.05) is 13.8 Å². The van der Waals surface area contributed by atoms with E-state index < -0.39 is 0 Å². The number of halogens is 3. The van der Waals surface area contributed by atoms with Crippen molar-refractivity contribution in [3.05, 3.63) is 0 Å². The fraction of sp³-hybridized carbons (Fsp3) is 0.909. The Morgan fingerprint density at radius 1 is 1.20 bits per heavy atom. The van der Waals surface area contributed by atoms with Crippen LogP contribution < -0.4 is 0 Å². The number of hydrogen-bond acceptors (Lipinski definition) is 1. The van der Waals surface area contributed by atoms with E-state index in [4.69, 9.17) is 23.4 Å². The monoisotopic (exact) mass is 315 g/mol. The SMILES string of the molecule is CC(C)(Cl)CC/C(CCCCCBr)=N\Cl. The van der Waals surface area contributed by atoms with Crippen LogP contribution in [0.3, 0.4) is 0 Å². The largest absolute Gasteiger partial charge is 0.187 e. The van der Waals surface area contributed by atoms with E-state index in [0.717, 1.165) is 30.3 Å². The smallest absolute Gasteiger partial charge is 0.0394 e. The Balaban J connectivity index is 3.66. The van der Waals surface area contributed by atoms with E-state index in [1.54, 1.807) is 0 Å². The Bertz CT molecular complexity index is 188. The van der Waals surface area contributed by atoms with Crippen LogP contribution in [-0.2, 0) is 0 Å². The lowest BCUT2D eigenvalue weighted by Gasteiger charge is -2.15. The maximum absolute atomic E-state index is 6.11. The van der Waals surface area contributed by atoms with Crippen LogP contribution in [0.2, 0.25) is 0 Å². The Morgan fingerprint density at radius 3 is 2.33 bits per heavy atom. The van der Waals surface area contributed by atoms with Gasteiger partial charge in [0, 0.05) is 27.7 Å². The van der Waals surface area contributed by atoms with Crippen molar-refractivity contribution in [2.45, 2.75) is 57.2 Å². The van der Waals surface area contributed by atoms with Crippen LogP contribution in [0.5, 0.6) is 0 Å². The molecular weight excluding hydrogens is 297 g/mol. The highest BCUT2D eigenvalue weighted by molar-refractivity contribution is 9.09. The van der Waals surface area contributed by atoms with Crippen LogP contribution >= 0.6 is 39.3 Å². The van der Waals surface area contributed by atoms with Crippen molar-refractivity contribution in [2.75, 3.05) is 5.33 Å². The van der Waals surface area contributed by atoms with Crippen LogP contribution in [0.15, 0.2) is 4.51 Å². The number of nitrogens with zero attached hydrogens (tertiary/aromatic N) is 1. The molecule has 0 aliphatic heterocycles. The number of alkyl halides is 2. The molecule has 0 aromatic carbocycles. The lowest BCUT2D eigenvalue weighted by molar-refractivity contribution is 0.639. The fourth-order valence-corrected chi connectivity index (χ4v) is 1.91. The molecular formula is C11H20BrCl2N. The van der Waals surface area contributed by atoms with E-state index in [1.165, 1.54) is 19.3 Å². The summed E-state index contributed by atoms with van der Waals surface area (Å²) in [6.07, 6.45) is 6.46. The van der Waals surface area contributed by atoms with E-state index in [0.29, 0.717) is 0 Å². The van der Waals surface area contributed by atoms with Crippen molar-refractivity contribution in [3.8, 4) is 0 Å². The molecule has 0 rings (SSSR count). The molecule has 0 atom stereocenters. The zero-order valence-electron chi connectivity index (χ0n) is 9.53. The molecule has 0 aliphatic carbocycles. The summed E-state index contributed by atoms with van der Waals surface area (Å²) in [4.78, 5) is -0.150. The van der Waals surface area contributed by atoms with Crippen molar-refractivity contribution in [2.24, 2.45) is 4.51 Å². The van der Waals surface area contributed by atoms with Crippen LogP contribution in [0, 0.1) is 0 Å². The van der Waals surface area contributed by atoms with E-state index in [2.05, 4.69) is 20.4 Å². The molecule has 0 saturated heterocycles. The molecule has 0 spiro atoms. The Labute approximate surface area is 112 Å². The molecule has 0 bridgehead atoms. The molecule has 0 amide bonds. The predicted molar refractivity (Wildman–Crippen MR) is 74.7 cm³/mol. The first-order valence-electron chi connectivity index (χ1n) is 5.41. The molecule has 15 heavy (non-hydrogen) atoms. The summed E-state index contributed by atoms with van der Waals surface area (Å²) in [6, 6.07) is 0. The van der Waals surface area contributed by atoms with Gasteiger partial charge in [-0.2, -0.15) is 4.51 Å². The molecule has 0 fully saturated rings. The first-order chi connectivity index (χ1) is 6.99.